The number of benzene rings is 2. The van der Waals surface area contributed by atoms with Crippen LogP contribution in [0.15, 0.2) is 36.4 Å². The van der Waals surface area contributed by atoms with Gasteiger partial charge in [0, 0.05) is 21.7 Å². The number of halogens is 4. The number of nitrogen functional groups attached to an aromatic ring is 1. The topological polar surface area (TPSA) is 92.3 Å². The molecule has 0 saturated carbocycles. The lowest BCUT2D eigenvalue weighted by Gasteiger charge is -2.20. The summed E-state index contributed by atoms with van der Waals surface area (Å²) >= 11 is 12.3. The van der Waals surface area contributed by atoms with Crippen LogP contribution in [0.1, 0.15) is 22.9 Å². The normalized spacial score (nSPS) is 14.0. The summed E-state index contributed by atoms with van der Waals surface area (Å²) in [4.78, 5) is 22.5. The number of aromatic nitrogens is 2. The maximum atomic E-state index is 14.0. The van der Waals surface area contributed by atoms with Gasteiger partial charge >= 0.3 is 0 Å². The van der Waals surface area contributed by atoms with Crippen LogP contribution in [0, 0.1) is 11.6 Å². The molecule has 2 heterocycles. The Morgan fingerprint density at radius 2 is 1.93 bits per heavy atom. The second-order valence-electron chi connectivity index (χ2n) is 6.72. The third-order valence-corrected chi connectivity index (χ3v) is 5.36. The Morgan fingerprint density at radius 3 is 2.67 bits per heavy atom. The fourth-order valence-electron chi connectivity index (χ4n) is 3.37. The Morgan fingerprint density at radius 1 is 1.17 bits per heavy atom. The SMILES string of the molecule is Nc1nc2c(c(-c3ccc(Cl)cc3Cl)n1)CN(C(=O)C(O)c1cccc(F)c1F)C2. The molecule has 30 heavy (non-hydrogen) atoms. The quantitative estimate of drug-likeness (QED) is 0.631. The van der Waals surface area contributed by atoms with Crippen molar-refractivity contribution in [3.05, 3.63) is 74.9 Å². The van der Waals surface area contributed by atoms with E-state index in [4.69, 9.17) is 28.9 Å². The van der Waals surface area contributed by atoms with Gasteiger partial charge in [-0.1, -0.05) is 35.3 Å². The molecular weight excluding hydrogens is 437 g/mol. The number of aliphatic hydroxyl groups is 1. The fourth-order valence-corrected chi connectivity index (χ4v) is 3.87. The molecule has 6 nitrogen and oxygen atoms in total. The van der Waals surface area contributed by atoms with Crippen LogP contribution in [0.4, 0.5) is 14.7 Å². The molecule has 1 amide bonds. The minimum absolute atomic E-state index is 0.0132. The minimum atomic E-state index is -1.87. The number of hydrogen-bond acceptors (Lipinski definition) is 5. The molecule has 1 aliphatic rings. The molecule has 3 N–H and O–H groups in total. The van der Waals surface area contributed by atoms with Gasteiger partial charge in [-0.2, -0.15) is 0 Å². The van der Waals surface area contributed by atoms with Gasteiger partial charge in [-0.05, 0) is 24.3 Å². The van der Waals surface area contributed by atoms with Crippen LogP contribution in [0.25, 0.3) is 11.3 Å². The zero-order valence-electron chi connectivity index (χ0n) is 15.2. The van der Waals surface area contributed by atoms with Crippen LogP contribution >= 0.6 is 23.2 Å². The molecule has 2 aromatic carbocycles. The summed E-state index contributed by atoms with van der Waals surface area (Å²) in [5.41, 5.74) is 7.43. The highest BCUT2D eigenvalue weighted by atomic mass is 35.5. The third-order valence-electron chi connectivity index (χ3n) is 4.81. The number of nitrogens with zero attached hydrogens (tertiary/aromatic N) is 3. The monoisotopic (exact) mass is 450 g/mol. The molecular formula is C20H14Cl2F2N4O2. The average Bonchev–Trinajstić information content (AvgIpc) is 3.12. The van der Waals surface area contributed by atoms with E-state index in [0.29, 0.717) is 32.6 Å². The number of amides is 1. The lowest BCUT2D eigenvalue weighted by molar-refractivity contribution is -0.141. The Balaban J connectivity index is 1.68. The van der Waals surface area contributed by atoms with Gasteiger partial charge in [0.15, 0.2) is 17.7 Å². The summed E-state index contributed by atoms with van der Waals surface area (Å²) in [6, 6.07) is 8.15. The Hall–Kier alpha value is -2.81. The van der Waals surface area contributed by atoms with E-state index in [1.54, 1.807) is 18.2 Å². The fraction of sp³-hybridized carbons (Fsp3) is 0.150. The lowest BCUT2D eigenvalue weighted by atomic mass is 10.1. The van der Waals surface area contributed by atoms with Gasteiger partial charge in [0.25, 0.3) is 5.91 Å². The van der Waals surface area contributed by atoms with Crippen molar-refractivity contribution in [3.63, 3.8) is 0 Å². The maximum Gasteiger partial charge on any atom is 0.256 e. The molecule has 0 fully saturated rings. The van der Waals surface area contributed by atoms with Crippen LogP contribution in [0.3, 0.4) is 0 Å². The standard InChI is InChI=1S/C20H14Cl2F2N4O2/c21-9-4-5-10(13(22)6-9)17-12-7-28(8-15(12)26-20(25)27-17)19(30)18(29)11-2-1-3-14(23)16(11)24/h1-6,18,29H,7-8H2,(H2,25,26,27). The molecule has 1 atom stereocenters. The summed E-state index contributed by atoms with van der Waals surface area (Å²) in [5, 5.41) is 11.1. The Labute approximate surface area is 179 Å². The smallest absolute Gasteiger partial charge is 0.256 e. The van der Waals surface area contributed by atoms with Crippen molar-refractivity contribution >= 4 is 35.1 Å². The van der Waals surface area contributed by atoms with Gasteiger partial charge in [-0.25, -0.2) is 18.7 Å². The molecule has 0 bridgehead atoms. The molecule has 0 aliphatic carbocycles. The van der Waals surface area contributed by atoms with Crippen molar-refractivity contribution in [1.82, 2.24) is 14.9 Å². The first-order valence-electron chi connectivity index (χ1n) is 8.77. The summed E-state index contributed by atoms with van der Waals surface area (Å²) in [6.07, 6.45) is -1.87. The zero-order chi connectivity index (χ0) is 21.6. The molecule has 0 saturated heterocycles. The molecule has 3 aromatic rings. The highest BCUT2D eigenvalue weighted by molar-refractivity contribution is 6.36. The summed E-state index contributed by atoms with van der Waals surface area (Å²) in [7, 11) is 0. The number of carbonyl (C=O) groups excluding carboxylic acids is 1. The van der Waals surface area contributed by atoms with Crippen molar-refractivity contribution in [2.24, 2.45) is 0 Å². The van der Waals surface area contributed by atoms with Crippen LogP contribution in [0.2, 0.25) is 10.0 Å². The molecule has 1 aliphatic heterocycles. The molecule has 154 valence electrons. The number of fused-ring (bicyclic) bond motifs is 1. The van der Waals surface area contributed by atoms with E-state index in [-0.39, 0.29) is 19.0 Å². The van der Waals surface area contributed by atoms with Gasteiger partial charge in [0.05, 0.1) is 29.5 Å². The van der Waals surface area contributed by atoms with Crippen molar-refractivity contribution in [3.8, 4) is 11.3 Å². The van der Waals surface area contributed by atoms with Gasteiger partial charge in [-0.3, -0.25) is 4.79 Å². The number of aliphatic hydroxyl groups excluding tert-OH is 1. The van der Waals surface area contributed by atoms with Gasteiger partial charge in [-0.15, -0.1) is 0 Å². The van der Waals surface area contributed by atoms with Crippen LogP contribution < -0.4 is 5.73 Å². The number of nitrogens with two attached hydrogens (primary N) is 1. The number of rotatable bonds is 3. The number of anilines is 1. The van der Waals surface area contributed by atoms with Crippen LogP contribution in [-0.4, -0.2) is 25.9 Å². The van der Waals surface area contributed by atoms with Crippen molar-refractivity contribution < 1.29 is 18.7 Å². The van der Waals surface area contributed by atoms with E-state index < -0.39 is 29.2 Å². The lowest BCUT2D eigenvalue weighted by Crippen LogP contribution is -2.31. The predicted octanol–water partition coefficient (Wildman–Crippen LogP) is 3.89. The number of hydrogen-bond donors (Lipinski definition) is 2. The molecule has 1 unspecified atom stereocenters. The number of carbonyl (C=O) groups is 1. The molecule has 0 radical (unpaired) electrons. The van der Waals surface area contributed by atoms with E-state index in [1.807, 2.05) is 0 Å². The van der Waals surface area contributed by atoms with Gasteiger partial charge in [0.1, 0.15) is 0 Å². The zero-order valence-corrected chi connectivity index (χ0v) is 16.8. The molecule has 10 heteroatoms. The summed E-state index contributed by atoms with van der Waals surface area (Å²) in [5.74, 6) is -3.24. The van der Waals surface area contributed by atoms with E-state index in [2.05, 4.69) is 9.97 Å². The average molecular weight is 451 g/mol. The van der Waals surface area contributed by atoms with Crippen molar-refractivity contribution in [1.29, 1.82) is 0 Å². The first-order valence-corrected chi connectivity index (χ1v) is 9.53. The second kappa shape index (κ2) is 7.79. The van der Waals surface area contributed by atoms with E-state index in [0.717, 1.165) is 12.1 Å². The van der Waals surface area contributed by atoms with Crippen LogP contribution in [-0.2, 0) is 17.9 Å². The third kappa shape index (κ3) is 3.58. The van der Waals surface area contributed by atoms with E-state index in [9.17, 15) is 18.7 Å². The van der Waals surface area contributed by atoms with Crippen LogP contribution in [0.5, 0.6) is 0 Å². The van der Waals surface area contributed by atoms with Crippen molar-refractivity contribution in [2.45, 2.75) is 19.2 Å². The Bertz CT molecular complexity index is 1180. The summed E-state index contributed by atoms with van der Waals surface area (Å²) < 4.78 is 27.5. The van der Waals surface area contributed by atoms with Gasteiger partial charge in [0.2, 0.25) is 5.95 Å². The molecule has 0 spiro atoms. The minimum Gasteiger partial charge on any atom is -0.378 e. The highest BCUT2D eigenvalue weighted by Gasteiger charge is 2.34. The largest absolute Gasteiger partial charge is 0.378 e. The Kier molecular flexibility index (Phi) is 5.31. The van der Waals surface area contributed by atoms with Crippen molar-refractivity contribution in [2.75, 3.05) is 5.73 Å². The highest BCUT2D eigenvalue weighted by Crippen LogP contribution is 2.36. The first-order chi connectivity index (χ1) is 14.3. The van der Waals surface area contributed by atoms with E-state index >= 15 is 0 Å². The summed E-state index contributed by atoms with van der Waals surface area (Å²) in [6.45, 7) is 0.0593. The predicted molar refractivity (Wildman–Crippen MR) is 107 cm³/mol. The first kappa shape index (κ1) is 20.5. The molecule has 1 aromatic heterocycles. The second-order valence-corrected chi connectivity index (χ2v) is 7.56. The van der Waals surface area contributed by atoms with E-state index in [1.165, 1.54) is 11.0 Å². The van der Waals surface area contributed by atoms with Gasteiger partial charge < -0.3 is 15.7 Å². The molecule has 4 rings (SSSR count). The maximum absolute atomic E-state index is 14.0.